The number of hydrogen-bond acceptors (Lipinski definition) is 16. The lowest BCUT2D eigenvalue weighted by molar-refractivity contribution is -0.161. The molecule has 1 aliphatic heterocycles. The minimum absolute atomic E-state index is 0.0530. The van der Waals surface area contributed by atoms with Crippen molar-refractivity contribution in [2.75, 3.05) is 25.6 Å². The highest BCUT2D eigenvalue weighted by Gasteiger charge is 2.46. The number of esters is 2. The number of carbonyl (C=O) groups is 3. The molecular formula is C45H73N3O16P2. The molecule has 2 rings (SSSR count). The number of nitrogen functional groups attached to an aromatic ring is 1. The molecule has 2 heterocycles. The van der Waals surface area contributed by atoms with Gasteiger partial charge in [0.1, 0.15) is 30.7 Å². The van der Waals surface area contributed by atoms with Crippen LogP contribution in [0.3, 0.4) is 0 Å². The lowest BCUT2D eigenvalue weighted by atomic mass is 10.0. The Morgan fingerprint density at radius 1 is 0.818 bits per heavy atom. The Morgan fingerprint density at radius 3 is 2.15 bits per heavy atom. The second-order valence-electron chi connectivity index (χ2n) is 16.4. The van der Waals surface area contributed by atoms with E-state index in [0.29, 0.717) is 44.4 Å². The summed E-state index contributed by atoms with van der Waals surface area (Å²) in [5.74, 6) is -0.597. The third-order valence-corrected chi connectivity index (χ3v) is 12.7. The molecule has 0 amide bonds. The quantitative estimate of drug-likeness (QED) is 0.0108. The normalized spacial score (nSPS) is 20.1. The van der Waals surface area contributed by atoms with Crippen LogP contribution < -0.4 is 11.4 Å². The van der Waals surface area contributed by atoms with E-state index < -0.39 is 83.7 Å². The molecule has 374 valence electrons. The van der Waals surface area contributed by atoms with Crippen molar-refractivity contribution >= 4 is 39.2 Å². The smallest absolute Gasteiger partial charge is 0.462 e. The van der Waals surface area contributed by atoms with Crippen LogP contribution >= 0.6 is 15.6 Å². The molecule has 0 aromatic carbocycles. The van der Waals surface area contributed by atoms with Crippen molar-refractivity contribution in [3.05, 3.63) is 71.4 Å². The highest BCUT2D eigenvalue weighted by molar-refractivity contribution is 7.61. The summed E-state index contributed by atoms with van der Waals surface area (Å²) in [4.78, 5) is 73.4. The van der Waals surface area contributed by atoms with E-state index in [4.69, 9.17) is 29.0 Å². The minimum Gasteiger partial charge on any atom is -0.462 e. The van der Waals surface area contributed by atoms with Crippen molar-refractivity contribution in [1.29, 1.82) is 0 Å². The molecule has 0 bridgehead atoms. The van der Waals surface area contributed by atoms with Crippen molar-refractivity contribution in [3.63, 3.8) is 0 Å². The number of ketones is 1. The lowest BCUT2D eigenvalue weighted by Crippen LogP contribution is -2.36. The number of allylic oxidation sites excluding steroid dienone is 8. The SMILES string of the molecule is CCCCCC(=O)/C=C/C=C\C/C=C\C/C=C\CCCC(=O)O[C@H](COC(=O)CCCCCCCCCC(C)C)COP(=O)(O)OP(=O)(O)OC[C@H]1O[C@@H](n2ccc(N)nc2=O)[C@H](O)[C@@H]1O. The van der Waals surface area contributed by atoms with E-state index >= 15 is 0 Å². The molecule has 0 radical (unpaired) electrons. The van der Waals surface area contributed by atoms with E-state index in [1.807, 2.05) is 36.5 Å². The average Bonchev–Trinajstić information content (AvgIpc) is 3.53. The first-order valence-electron chi connectivity index (χ1n) is 23.0. The molecule has 2 unspecified atom stereocenters. The molecule has 19 nitrogen and oxygen atoms in total. The molecule has 1 fully saturated rings. The van der Waals surface area contributed by atoms with Crippen LogP contribution in [0.2, 0.25) is 0 Å². The lowest BCUT2D eigenvalue weighted by Gasteiger charge is -2.21. The first-order valence-corrected chi connectivity index (χ1v) is 26.0. The maximum Gasteiger partial charge on any atom is 0.481 e. The first kappa shape index (κ1) is 58.5. The molecule has 6 N–H and O–H groups in total. The van der Waals surface area contributed by atoms with Gasteiger partial charge in [-0.05, 0) is 56.6 Å². The van der Waals surface area contributed by atoms with Gasteiger partial charge in [-0.15, -0.1) is 0 Å². The summed E-state index contributed by atoms with van der Waals surface area (Å²) in [6.45, 7) is 4.11. The van der Waals surface area contributed by atoms with Crippen molar-refractivity contribution in [1.82, 2.24) is 9.55 Å². The zero-order chi connectivity index (χ0) is 48.8. The van der Waals surface area contributed by atoms with Crippen LogP contribution in [0.5, 0.6) is 0 Å². The molecule has 0 aliphatic carbocycles. The van der Waals surface area contributed by atoms with Crippen molar-refractivity contribution < 1.29 is 71.1 Å². The molecule has 1 aromatic heterocycles. The van der Waals surface area contributed by atoms with Gasteiger partial charge in [-0.3, -0.25) is 28.0 Å². The van der Waals surface area contributed by atoms with E-state index in [1.54, 1.807) is 12.2 Å². The third kappa shape index (κ3) is 26.7. The average molecular weight is 974 g/mol. The van der Waals surface area contributed by atoms with Gasteiger partial charge in [-0.25, -0.2) is 13.9 Å². The Labute approximate surface area is 388 Å². The second kappa shape index (κ2) is 33.0. The number of nitrogens with zero attached hydrogens (tertiary/aromatic N) is 2. The van der Waals surface area contributed by atoms with Crippen LogP contribution in [-0.4, -0.2) is 91.5 Å². The number of ether oxygens (including phenoxy) is 3. The van der Waals surface area contributed by atoms with Crippen molar-refractivity contribution in [3.8, 4) is 0 Å². The predicted molar refractivity (Wildman–Crippen MR) is 247 cm³/mol. The highest BCUT2D eigenvalue weighted by atomic mass is 31.3. The van der Waals surface area contributed by atoms with Gasteiger partial charge >= 0.3 is 33.3 Å². The fraction of sp³-hybridized carbons (Fsp3) is 0.667. The van der Waals surface area contributed by atoms with Crippen molar-refractivity contribution in [2.45, 2.75) is 167 Å². The van der Waals surface area contributed by atoms with Crippen LogP contribution in [0.25, 0.3) is 0 Å². The summed E-state index contributed by atoms with van der Waals surface area (Å²) >= 11 is 0. The molecule has 7 atom stereocenters. The molecule has 1 aromatic rings. The summed E-state index contributed by atoms with van der Waals surface area (Å²) < 4.78 is 56.4. The van der Waals surface area contributed by atoms with E-state index in [2.05, 4.69) is 30.1 Å². The number of carbonyl (C=O) groups excluding carboxylic acids is 3. The van der Waals surface area contributed by atoms with Crippen LogP contribution in [0.1, 0.15) is 143 Å². The zero-order valence-corrected chi connectivity index (χ0v) is 40.4. The third-order valence-electron chi connectivity index (χ3n) is 10.1. The number of aromatic nitrogens is 2. The number of phosphoric ester groups is 2. The molecule has 66 heavy (non-hydrogen) atoms. The van der Waals surface area contributed by atoms with Gasteiger partial charge in [-0.1, -0.05) is 121 Å². The number of phosphoric acid groups is 2. The predicted octanol–water partition coefficient (Wildman–Crippen LogP) is 7.64. The fourth-order valence-corrected chi connectivity index (χ4v) is 8.55. The van der Waals surface area contributed by atoms with E-state index in [-0.39, 0.29) is 24.4 Å². The van der Waals surface area contributed by atoms with E-state index in [9.17, 15) is 48.3 Å². The number of aliphatic hydroxyl groups is 2. The number of unbranched alkanes of at least 4 members (excludes halogenated alkanes) is 9. The molecule has 0 spiro atoms. The Hall–Kier alpha value is -3.61. The monoisotopic (exact) mass is 973 g/mol. The van der Waals surface area contributed by atoms with Gasteiger partial charge in [0.15, 0.2) is 18.1 Å². The Balaban J connectivity index is 1.87. The van der Waals surface area contributed by atoms with Gasteiger partial charge in [0.05, 0.1) is 13.2 Å². The summed E-state index contributed by atoms with van der Waals surface area (Å²) in [5.41, 5.74) is 4.56. The molecule has 1 saturated heterocycles. The number of hydrogen-bond donors (Lipinski definition) is 5. The first-order chi connectivity index (χ1) is 31.4. The van der Waals surface area contributed by atoms with E-state index in [0.717, 1.165) is 55.7 Å². The van der Waals surface area contributed by atoms with Crippen LogP contribution in [-0.2, 0) is 51.1 Å². The largest absolute Gasteiger partial charge is 0.481 e. The Bertz CT molecular complexity index is 1870. The van der Waals surface area contributed by atoms with Crippen molar-refractivity contribution in [2.24, 2.45) is 5.92 Å². The number of aliphatic hydroxyl groups excluding tert-OH is 2. The molecule has 21 heteroatoms. The second-order valence-corrected chi connectivity index (χ2v) is 19.5. The summed E-state index contributed by atoms with van der Waals surface area (Å²) in [6, 6.07) is 1.24. The molecule has 1 aliphatic rings. The number of anilines is 1. The standard InChI is InChI=1S/C45H73N3O16P2/c1-4-5-20-26-36(49)27-22-17-13-9-7-6-8-10-14-19-24-29-41(51)62-37(32-59-40(50)28-23-18-15-11-12-16-21-25-35(2)3)33-60-65(55,56)64-66(57,58)61-34-38-42(52)43(53)44(63-38)48-31-30-39(46)47-45(48)54/h6-7,10,13-14,17,22,27,30-31,35,37-38,42-44,52-53H,4-5,8-9,11-12,15-16,18-21,23-26,28-29,32-34H2,1-3H3,(H,55,56)(H,57,58)(H2,46,47,54)/b7-6-,14-10-,17-13-,27-22+/t37-,38-,42-,43-,44-/m1/s1. The Kier molecular flexibility index (Phi) is 29.2. The van der Waals surface area contributed by atoms with Gasteiger partial charge < -0.3 is 39.9 Å². The summed E-state index contributed by atoms with van der Waals surface area (Å²) in [6.07, 6.45) is 22.4. The number of nitrogens with two attached hydrogens (primary N) is 1. The van der Waals surface area contributed by atoms with E-state index in [1.165, 1.54) is 25.3 Å². The topological polar surface area (TPSA) is 283 Å². The molecular weight excluding hydrogens is 900 g/mol. The van der Waals surface area contributed by atoms with Crippen LogP contribution in [0, 0.1) is 5.92 Å². The van der Waals surface area contributed by atoms with Gasteiger partial charge in [-0.2, -0.15) is 9.29 Å². The summed E-state index contributed by atoms with van der Waals surface area (Å²) in [7, 11) is -10.9. The zero-order valence-electron chi connectivity index (χ0n) is 38.6. The van der Waals surface area contributed by atoms with Crippen LogP contribution in [0.4, 0.5) is 5.82 Å². The summed E-state index contributed by atoms with van der Waals surface area (Å²) in [5, 5.41) is 20.9. The maximum absolute atomic E-state index is 12.8. The minimum atomic E-state index is -5.44. The fourth-order valence-electron chi connectivity index (χ4n) is 6.44. The highest BCUT2D eigenvalue weighted by Crippen LogP contribution is 2.60. The van der Waals surface area contributed by atoms with Gasteiger partial charge in [0.2, 0.25) is 0 Å². The van der Waals surface area contributed by atoms with Gasteiger partial charge in [0, 0.05) is 25.5 Å². The number of rotatable bonds is 36. The molecule has 0 saturated carbocycles. The maximum atomic E-state index is 12.8. The van der Waals surface area contributed by atoms with Crippen LogP contribution in [0.15, 0.2) is 65.7 Å². The van der Waals surface area contributed by atoms with Gasteiger partial charge in [0.25, 0.3) is 0 Å². The Morgan fingerprint density at radius 2 is 1.45 bits per heavy atom.